The summed E-state index contributed by atoms with van der Waals surface area (Å²) >= 11 is 0. The van der Waals surface area contributed by atoms with E-state index in [0.29, 0.717) is 13.1 Å². The summed E-state index contributed by atoms with van der Waals surface area (Å²) in [5.41, 5.74) is 1.94. The van der Waals surface area contributed by atoms with Crippen LogP contribution in [0.4, 0.5) is 0 Å². The number of para-hydroxylation sites is 1. The number of fused-ring (bicyclic) bond motifs is 1. The van der Waals surface area contributed by atoms with Crippen LogP contribution in [-0.4, -0.2) is 42.2 Å². The maximum atomic E-state index is 12.2. The third kappa shape index (κ3) is 4.65. The molecular formula is C19H27N3O3S. The molecule has 3 rings (SSSR count). The lowest BCUT2D eigenvalue weighted by Crippen LogP contribution is -2.31. The molecule has 0 bridgehead atoms. The number of aromatic nitrogens is 2. The Labute approximate surface area is 155 Å². The van der Waals surface area contributed by atoms with Crippen LogP contribution < -0.4 is 4.74 Å². The van der Waals surface area contributed by atoms with Crippen molar-refractivity contribution in [2.75, 3.05) is 19.9 Å². The average Bonchev–Trinajstić information content (AvgIpc) is 3.03. The molecule has 0 amide bonds. The molecule has 0 unspecified atom stereocenters. The SMILES string of the molecule is COc1ccccc1CCCN(Cc1cn2c(n1)CCCC2)S(C)(=O)=O. The highest BCUT2D eigenvalue weighted by atomic mass is 32.2. The summed E-state index contributed by atoms with van der Waals surface area (Å²) in [7, 11) is -1.63. The van der Waals surface area contributed by atoms with Gasteiger partial charge < -0.3 is 9.30 Å². The molecule has 7 heteroatoms. The number of methoxy groups -OCH3 is 1. The first kappa shape index (κ1) is 18.9. The van der Waals surface area contributed by atoms with Crippen LogP contribution in [-0.2, 0) is 36.0 Å². The number of ether oxygens (including phenoxy) is 1. The minimum absolute atomic E-state index is 0.338. The number of benzene rings is 1. The van der Waals surface area contributed by atoms with E-state index in [1.165, 1.54) is 10.6 Å². The zero-order valence-electron chi connectivity index (χ0n) is 15.5. The van der Waals surface area contributed by atoms with Crippen molar-refractivity contribution in [3.8, 4) is 5.75 Å². The van der Waals surface area contributed by atoms with Crippen molar-refractivity contribution in [3.05, 3.63) is 47.5 Å². The summed E-state index contributed by atoms with van der Waals surface area (Å²) in [6.45, 7) is 1.79. The molecule has 0 spiro atoms. The van der Waals surface area contributed by atoms with Gasteiger partial charge in [-0.15, -0.1) is 0 Å². The zero-order valence-corrected chi connectivity index (χ0v) is 16.3. The van der Waals surface area contributed by atoms with Gasteiger partial charge in [-0.1, -0.05) is 18.2 Å². The summed E-state index contributed by atoms with van der Waals surface area (Å²) < 4.78 is 33.5. The summed E-state index contributed by atoms with van der Waals surface area (Å²) in [6.07, 6.45) is 8.09. The van der Waals surface area contributed by atoms with Crippen molar-refractivity contribution in [3.63, 3.8) is 0 Å². The highest BCUT2D eigenvalue weighted by Crippen LogP contribution is 2.20. The predicted octanol–water partition coefficient (Wildman–Crippen LogP) is 2.62. The second-order valence-electron chi connectivity index (χ2n) is 6.81. The molecule has 2 heterocycles. The molecular weight excluding hydrogens is 350 g/mol. The highest BCUT2D eigenvalue weighted by molar-refractivity contribution is 7.88. The van der Waals surface area contributed by atoms with E-state index in [1.807, 2.05) is 30.5 Å². The molecule has 6 nitrogen and oxygen atoms in total. The van der Waals surface area contributed by atoms with Crippen molar-refractivity contribution in [2.24, 2.45) is 0 Å². The summed E-state index contributed by atoms with van der Waals surface area (Å²) in [5.74, 6) is 1.92. The van der Waals surface area contributed by atoms with E-state index in [9.17, 15) is 8.42 Å². The smallest absolute Gasteiger partial charge is 0.211 e. The molecule has 0 saturated heterocycles. The lowest BCUT2D eigenvalue weighted by Gasteiger charge is -2.19. The van der Waals surface area contributed by atoms with Crippen molar-refractivity contribution in [1.82, 2.24) is 13.9 Å². The Hall–Kier alpha value is -1.86. The van der Waals surface area contributed by atoms with Gasteiger partial charge in [-0.05, 0) is 37.3 Å². The number of hydrogen-bond donors (Lipinski definition) is 0. The van der Waals surface area contributed by atoms with Crippen molar-refractivity contribution in [1.29, 1.82) is 0 Å². The molecule has 1 aliphatic rings. The van der Waals surface area contributed by atoms with Gasteiger partial charge in [0.2, 0.25) is 10.0 Å². The Morgan fingerprint density at radius 3 is 2.81 bits per heavy atom. The van der Waals surface area contributed by atoms with Crippen LogP contribution in [0.15, 0.2) is 30.5 Å². The molecule has 1 aromatic heterocycles. The van der Waals surface area contributed by atoms with Crippen molar-refractivity contribution >= 4 is 10.0 Å². The van der Waals surface area contributed by atoms with Crippen LogP contribution in [0.2, 0.25) is 0 Å². The van der Waals surface area contributed by atoms with Crippen LogP contribution in [0.25, 0.3) is 0 Å². The van der Waals surface area contributed by atoms with Crippen molar-refractivity contribution < 1.29 is 13.2 Å². The lowest BCUT2D eigenvalue weighted by atomic mass is 10.1. The summed E-state index contributed by atoms with van der Waals surface area (Å²) in [5, 5.41) is 0. The van der Waals surface area contributed by atoms with Gasteiger partial charge >= 0.3 is 0 Å². The van der Waals surface area contributed by atoms with Crippen LogP contribution in [0, 0.1) is 0 Å². The number of nitrogens with zero attached hydrogens (tertiary/aromatic N) is 3. The first-order valence-corrected chi connectivity index (χ1v) is 10.9. The van der Waals surface area contributed by atoms with Gasteiger partial charge in [0.1, 0.15) is 11.6 Å². The molecule has 1 aliphatic heterocycles. The third-order valence-corrected chi connectivity index (χ3v) is 6.06. The normalized spacial score (nSPS) is 14.4. The molecule has 0 aliphatic carbocycles. The molecule has 0 fully saturated rings. The molecule has 0 radical (unpaired) electrons. The summed E-state index contributed by atoms with van der Waals surface area (Å²) in [4.78, 5) is 4.63. The van der Waals surface area contributed by atoms with Gasteiger partial charge in [-0.25, -0.2) is 13.4 Å². The summed E-state index contributed by atoms with van der Waals surface area (Å²) in [6, 6.07) is 7.86. The van der Waals surface area contributed by atoms with Gasteiger partial charge in [-0.2, -0.15) is 4.31 Å². The number of aryl methyl sites for hydroxylation is 3. The zero-order chi connectivity index (χ0) is 18.6. The van der Waals surface area contributed by atoms with E-state index in [-0.39, 0.29) is 0 Å². The van der Waals surface area contributed by atoms with Crippen LogP contribution in [0.3, 0.4) is 0 Å². The Morgan fingerprint density at radius 2 is 2.08 bits per heavy atom. The van der Waals surface area contributed by atoms with Crippen LogP contribution in [0.1, 0.15) is 36.3 Å². The molecule has 2 aromatic rings. The van der Waals surface area contributed by atoms with E-state index < -0.39 is 10.0 Å². The molecule has 26 heavy (non-hydrogen) atoms. The fourth-order valence-corrected chi connectivity index (χ4v) is 4.27. The van der Waals surface area contributed by atoms with E-state index in [1.54, 1.807) is 7.11 Å². The van der Waals surface area contributed by atoms with Gasteiger partial charge in [-0.3, -0.25) is 0 Å². The molecule has 0 N–H and O–H groups in total. The first-order valence-electron chi connectivity index (χ1n) is 9.09. The second kappa shape index (κ2) is 8.22. The minimum Gasteiger partial charge on any atom is -0.496 e. The largest absolute Gasteiger partial charge is 0.496 e. The Kier molecular flexibility index (Phi) is 5.98. The highest BCUT2D eigenvalue weighted by Gasteiger charge is 2.20. The standard InChI is InChI=1S/C19H27N3O3S/c1-25-18-10-4-3-8-16(18)9-7-13-22(26(2,23)24)15-17-14-21-12-6-5-11-19(21)20-17/h3-4,8,10,14H,5-7,9,11-13,15H2,1-2H3. The molecule has 0 atom stereocenters. The van der Waals surface area contributed by atoms with Gasteiger partial charge in [0.05, 0.1) is 25.6 Å². The van der Waals surface area contributed by atoms with Crippen LogP contribution >= 0.6 is 0 Å². The maximum Gasteiger partial charge on any atom is 0.211 e. The van der Waals surface area contributed by atoms with Crippen molar-refractivity contribution in [2.45, 2.75) is 45.2 Å². The number of hydrogen-bond acceptors (Lipinski definition) is 4. The fourth-order valence-electron chi connectivity index (χ4n) is 3.45. The molecule has 142 valence electrons. The molecule has 1 aromatic carbocycles. The van der Waals surface area contributed by atoms with E-state index >= 15 is 0 Å². The molecule has 0 saturated carbocycles. The lowest BCUT2D eigenvalue weighted by molar-refractivity contribution is 0.392. The topological polar surface area (TPSA) is 64.4 Å². The minimum atomic E-state index is -3.28. The van der Waals surface area contributed by atoms with E-state index in [4.69, 9.17) is 4.74 Å². The fraction of sp³-hybridized carbons (Fsp3) is 0.526. The Bertz CT molecular complexity index is 822. The predicted molar refractivity (Wildman–Crippen MR) is 102 cm³/mol. The monoisotopic (exact) mass is 377 g/mol. The van der Waals surface area contributed by atoms with Gasteiger partial charge in [0.25, 0.3) is 0 Å². The Morgan fingerprint density at radius 1 is 1.27 bits per heavy atom. The number of rotatable bonds is 8. The maximum absolute atomic E-state index is 12.2. The third-order valence-electron chi connectivity index (χ3n) is 4.81. The van der Waals surface area contributed by atoms with Gasteiger partial charge in [0.15, 0.2) is 0 Å². The Balaban J connectivity index is 1.64. The first-order chi connectivity index (χ1) is 12.5. The van der Waals surface area contributed by atoms with E-state index in [0.717, 1.165) is 61.5 Å². The van der Waals surface area contributed by atoms with E-state index in [2.05, 4.69) is 9.55 Å². The number of sulfonamides is 1. The number of imidazole rings is 1. The quantitative estimate of drug-likeness (QED) is 0.709. The van der Waals surface area contributed by atoms with Crippen LogP contribution in [0.5, 0.6) is 5.75 Å². The second-order valence-corrected chi connectivity index (χ2v) is 8.79. The average molecular weight is 378 g/mol. The van der Waals surface area contributed by atoms with Gasteiger partial charge in [0, 0.05) is 25.7 Å².